The van der Waals surface area contributed by atoms with Crippen molar-refractivity contribution >= 4 is 14.0 Å². The van der Waals surface area contributed by atoms with Crippen LogP contribution in [0.15, 0.2) is 42.6 Å². The summed E-state index contributed by atoms with van der Waals surface area (Å²) in [5, 5.41) is 2.94. The summed E-state index contributed by atoms with van der Waals surface area (Å²) < 4.78 is 14.8. The Morgan fingerprint density at radius 1 is 1.00 bits per heavy atom. The molecule has 0 radical (unpaired) electrons. The Morgan fingerprint density at radius 2 is 1.61 bits per heavy atom. The van der Waals surface area contributed by atoms with E-state index in [0.717, 1.165) is 0 Å². The standard InChI is InChI=1S/C26H35FN2OSi/c1-18(2)31(19(3)4,20(5)6)17-15-21-12-11-13-22(27)24(21)25(30)29-26(7,8)23-14-9-10-16-28-23/h9-14,16,18-20H,1-8H3,(H,29,30). The van der Waals surface area contributed by atoms with Crippen LogP contribution in [0.4, 0.5) is 4.39 Å². The lowest BCUT2D eigenvalue weighted by molar-refractivity contribution is 0.0906. The lowest BCUT2D eigenvalue weighted by Crippen LogP contribution is -2.43. The van der Waals surface area contributed by atoms with Gasteiger partial charge in [0.1, 0.15) is 13.9 Å². The van der Waals surface area contributed by atoms with E-state index in [2.05, 4.69) is 63.3 Å². The minimum Gasteiger partial charge on any atom is -0.341 e. The van der Waals surface area contributed by atoms with Crippen LogP contribution in [0, 0.1) is 17.3 Å². The molecule has 166 valence electrons. The summed E-state index contributed by atoms with van der Waals surface area (Å²) >= 11 is 0. The second kappa shape index (κ2) is 9.78. The van der Waals surface area contributed by atoms with Gasteiger partial charge in [-0.05, 0) is 54.7 Å². The van der Waals surface area contributed by atoms with Gasteiger partial charge < -0.3 is 5.32 Å². The second-order valence-corrected chi connectivity index (χ2v) is 15.2. The maximum Gasteiger partial charge on any atom is 0.256 e. The zero-order valence-electron chi connectivity index (χ0n) is 20.0. The Labute approximate surface area is 187 Å². The average molecular weight is 439 g/mol. The van der Waals surface area contributed by atoms with Crippen molar-refractivity contribution in [3.05, 3.63) is 65.2 Å². The first-order valence-corrected chi connectivity index (χ1v) is 13.2. The molecule has 1 heterocycles. The molecule has 1 aromatic carbocycles. The van der Waals surface area contributed by atoms with Crippen molar-refractivity contribution in [2.45, 2.75) is 77.6 Å². The first-order chi connectivity index (χ1) is 14.4. The number of carbonyl (C=O) groups is 1. The average Bonchev–Trinajstić information content (AvgIpc) is 2.68. The highest BCUT2D eigenvalue weighted by atomic mass is 28.3. The number of nitrogens with zero attached hydrogens (tertiary/aromatic N) is 1. The number of hydrogen-bond acceptors (Lipinski definition) is 2. The van der Waals surface area contributed by atoms with Gasteiger partial charge in [-0.15, -0.1) is 5.54 Å². The van der Waals surface area contributed by atoms with Gasteiger partial charge in [0, 0.05) is 11.8 Å². The molecule has 1 aromatic heterocycles. The van der Waals surface area contributed by atoms with E-state index in [9.17, 15) is 9.18 Å². The molecule has 3 nitrogen and oxygen atoms in total. The predicted molar refractivity (Wildman–Crippen MR) is 129 cm³/mol. The minimum atomic E-state index is -2.01. The summed E-state index contributed by atoms with van der Waals surface area (Å²) in [4.78, 5) is 17.5. The number of nitrogens with one attached hydrogen (secondary N) is 1. The highest BCUT2D eigenvalue weighted by Crippen LogP contribution is 2.40. The molecule has 1 amide bonds. The first-order valence-electron chi connectivity index (χ1n) is 11.0. The highest BCUT2D eigenvalue weighted by molar-refractivity contribution is 6.90. The number of carbonyl (C=O) groups excluding carboxylic acids is 1. The maximum absolute atomic E-state index is 14.8. The van der Waals surface area contributed by atoms with Gasteiger partial charge in [0.15, 0.2) is 0 Å². The van der Waals surface area contributed by atoms with E-state index in [-0.39, 0.29) is 5.56 Å². The van der Waals surface area contributed by atoms with Crippen LogP contribution in [0.2, 0.25) is 16.6 Å². The van der Waals surface area contributed by atoms with Crippen LogP contribution in [0.3, 0.4) is 0 Å². The Bertz CT molecular complexity index is 950. The number of benzene rings is 1. The molecule has 0 bridgehead atoms. The number of pyridine rings is 1. The molecule has 0 atom stereocenters. The quantitative estimate of drug-likeness (QED) is 0.416. The molecule has 31 heavy (non-hydrogen) atoms. The minimum absolute atomic E-state index is 0.00169. The number of hydrogen-bond donors (Lipinski definition) is 1. The van der Waals surface area contributed by atoms with E-state index in [1.165, 1.54) is 6.07 Å². The summed E-state index contributed by atoms with van der Waals surface area (Å²) in [5.74, 6) is 2.20. The fourth-order valence-corrected chi connectivity index (χ4v) is 9.83. The smallest absolute Gasteiger partial charge is 0.256 e. The number of amides is 1. The Hall–Kier alpha value is -2.45. The van der Waals surface area contributed by atoms with Crippen molar-refractivity contribution in [1.29, 1.82) is 0 Å². The van der Waals surface area contributed by atoms with Gasteiger partial charge in [0.25, 0.3) is 5.91 Å². The van der Waals surface area contributed by atoms with E-state index in [0.29, 0.717) is 27.9 Å². The van der Waals surface area contributed by atoms with Gasteiger partial charge in [-0.25, -0.2) is 4.39 Å². The van der Waals surface area contributed by atoms with Crippen molar-refractivity contribution in [2.75, 3.05) is 0 Å². The third-order valence-corrected chi connectivity index (χ3v) is 12.5. The number of halogens is 1. The van der Waals surface area contributed by atoms with Crippen molar-refractivity contribution < 1.29 is 9.18 Å². The fourth-order valence-electron chi connectivity index (χ4n) is 4.61. The van der Waals surface area contributed by atoms with Gasteiger partial charge in [0.05, 0.1) is 16.8 Å². The largest absolute Gasteiger partial charge is 0.341 e. The maximum atomic E-state index is 14.8. The number of rotatable bonds is 6. The summed E-state index contributed by atoms with van der Waals surface area (Å²) in [5.41, 5.74) is 5.34. The summed E-state index contributed by atoms with van der Waals surface area (Å²) in [6.07, 6.45) is 1.68. The molecule has 0 aliphatic heterocycles. The lowest BCUT2D eigenvalue weighted by Gasteiger charge is -2.38. The van der Waals surface area contributed by atoms with E-state index < -0.39 is 25.3 Å². The first kappa shape index (κ1) is 24.8. The normalized spacial score (nSPS) is 12.1. The van der Waals surface area contributed by atoms with Crippen molar-refractivity contribution in [1.82, 2.24) is 10.3 Å². The van der Waals surface area contributed by atoms with Gasteiger partial charge in [-0.2, -0.15) is 0 Å². The topological polar surface area (TPSA) is 42.0 Å². The van der Waals surface area contributed by atoms with E-state index >= 15 is 0 Å². The van der Waals surface area contributed by atoms with E-state index in [4.69, 9.17) is 0 Å². The van der Waals surface area contributed by atoms with Crippen LogP contribution in [-0.4, -0.2) is 19.0 Å². The van der Waals surface area contributed by atoms with E-state index in [1.807, 2.05) is 32.0 Å². The van der Waals surface area contributed by atoms with E-state index in [1.54, 1.807) is 18.3 Å². The van der Waals surface area contributed by atoms with Crippen molar-refractivity contribution in [2.24, 2.45) is 0 Å². The Balaban J connectivity index is 2.50. The summed E-state index contributed by atoms with van der Waals surface area (Å²) in [7, 11) is -2.01. The Morgan fingerprint density at radius 3 is 2.13 bits per heavy atom. The molecule has 1 N–H and O–H groups in total. The SMILES string of the molecule is CC(C)[Si](C#Cc1cccc(F)c1C(=O)NC(C)(C)c1ccccn1)(C(C)C)C(C)C. The van der Waals surface area contributed by atoms with Crippen molar-refractivity contribution in [3.63, 3.8) is 0 Å². The molecule has 0 unspecified atom stereocenters. The third kappa shape index (κ3) is 5.24. The zero-order chi connectivity index (χ0) is 23.4. The molecular weight excluding hydrogens is 403 g/mol. The summed E-state index contributed by atoms with van der Waals surface area (Å²) in [6.45, 7) is 17.1. The molecular formula is C26H35FN2OSi. The lowest BCUT2D eigenvalue weighted by atomic mass is 9.98. The third-order valence-electron chi connectivity index (χ3n) is 6.25. The monoisotopic (exact) mass is 438 g/mol. The summed E-state index contributed by atoms with van der Waals surface area (Å²) in [6, 6.07) is 10.2. The second-order valence-electron chi connectivity index (χ2n) is 9.60. The van der Waals surface area contributed by atoms with Gasteiger partial charge in [0.2, 0.25) is 0 Å². The molecule has 0 aliphatic carbocycles. The molecule has 0 fully saturated rings. The van der Waals surface area contributed by atoms with Crippen LogP contribution in [-0.2, 0) is 5.54 Å². The van der Waals surface area contributed by atoms with Gasteiger partial charge in [-0.1, -0.05) is 59.6 Å². The molecule has 0 saturated carbocycles. The highest BCUT2D eigenvalue weighted by Gasteiger charge is 2.41. The van der Waals surface area contributed by atoms with Crippen molar-refractivity contribution in [3.8, 4) is 11.5 Å². The molecule has 2 aromatic rings. The molecule has 0 spiro atoms. The predicted octanol–water partition coefficient (Wildman–Crippen LogP) is 6.46. The molecule has 2 rings (SSSR count). The van der Waals surface area contributed by atoms with Gasteiger partial charge in [-0.3, -0.25) is 9.78 Å². The van der Waals surface area contributed by atoms with Crippen LogP contribution in [0.25, 0.3) is 0 Å². The number of aromatic nitrogens is 1. The van der Waals surface area contributed by atoms with Crippen LogP contribution in [0.5, 0.6) is 0 Å². The van der Waals surface area contributed by atoms with Gasteiger partial charge >= 0.3 is 0 Å². The fraction of sp³-hybridized carbons (Fsp3) is 0.462. The Kier molecular flexibility index (Phi) is 7.83. The molecule has 0 aliphatic rings. The van der Waals surface area contributed by atoms with Crippen LogP contribution in [0.1, 0.15) is 77.0 Å². The van der Waals surface area contributed by atoms with Crippen LogP contribution >= 0.6 is 0 Å². The molecule has 0 saturated heterocycles. The zero-order valence-corrected chi connectivity index (χ0v) is 21.0. The van der Waals surface area contributed by atoms with Crippen LogP contribution < -0.4 is 5.32 Å². The molecule has 5 heteroatoms.